The third-order valence-electron chi connectivity index (χ3n) is 3.97. The number of benzene rings is 1. The molecule has 0 radical (unpaired) electrons. The van der Waals surface area contributed by atoms with E-state index in [1.807, 2.05) is 11.0 Å². The minimum atomic E-state index is 0.00182. The highest BCUT2D eigenvalue weighted by Crippen LogP contribution is 2.38. The Bertz CT molecular complexity index is 603. The highest BCUT2D eigenvalue weighted by molar-refractivity contribution is 6.32. The first-order chi connectivity index (χ1) is 10.7. The van der Waals surface area contributed by atoms with E-state index in [0.717, 1.165) is 25.1 Å². The maximum absolute atomic E-state index is 12.2. The van der Waals surface area contributed by atoms with Gasteiger partial charge in [-0.2, -0.15) is 0 Å². The molecule has 1 fully saturated rings. The number of carbonyl (C=O) groups excluding carboxylic acids is 1. The Balaban J connectivity index is 1.70. The van der Waals surface area contributed by atoms with Crippen LogP contribution in [0.4, 0.5) is 0 Å². The molecule has 0 aliphatic carbocycles. The molecule has 1 saturated heterocycles. The van der Waals surface area contributed by atoms with Crippen molar-refractivity contribution in [2.24, 2.45) is 11.7 Å². The van der Waals surface area contributed by atoms with Crippen molar-refractivity contribution in [3.8, 4) is 11.5 Å². The van der Waals surface area contributed by atoms with Gasteiger partial charge in [-0.15, -0.1) is 0 Å². The molecule has 2 heterocycles. The average Bonchev–Trinajstić information content (AvgIpc) is 3.02. The van der Waals surface area contributed by atoms with Crippen molar-refractivity contribution in [3.05, 3.63) is 28.8 Å². The van der Waals surface area contributed by atoms with Crippen LogP contribution in [0.1, 0.15) is 12.0 Å². The minimum absolute atomic E-state index is 0.00182. The molecule has 2 N–H and O–H groups in total. The highest BCUT2D eigenvalue weighted by Gasteiger charge is 2.23. The molecular formula is C16H19ClN2O3. The van der Waals surface area contributed by atoms with Crippen molar-refractivity contribution in [1.29, 1.82) is 0 Å². The lowest BCUT2D eigenvalue weighted by atomic mass is 10.1. The van der Waals surface area contributed by atoms with Gasteiger partial charge < -0.3 is 20.1 Å². The zero-order chi connectivity index (χ0) is 15.5. The number of hydrogen-bond acceptors (Lipinski definition) is 4. The topological polar surface area (TPSA) is 64.8 Å². The summed E-state index contributed by atoms with van der Waals surface area (Å²) in [6, 6.07) is 3.60. The van der Waals surface area contributed by atoms with Gasteiger partial charge in [0.25, 0.3) is 0 Å². The van der Waals surface area contributed by atoms with Gasteiger partial charge in [-0.3, -0.25) is 4.79 Å². The standard InChI is InChI=1S/C16H19ClN2O3/c17-13-7-11(8-14-16(13)22-6-5-21-14)1-2-15(20)19-4-3-12(9-18)10-19/h1-2,7-8,12H,3-6,9-10,18H2. The fraction of sp³-hybridized carbons (Fsp3) is 0.438. The number of ether oxygens (including phenoxy) is 2. The molecule has 2 aliphatic heterocycles. The van der Waals surface area contributed by atoms with E-state index in [2.05, 4.69) is 0 Å². The van der Waals surface area contributed by atoms with Gasteiger partial charge in [-0.05, 0) is 42.7 Å². The van der Waals surface area contributed by atoms with E-state index in [-0.39, 0.29) is 5.91 Å². The third kappa shape index (κ3) is 3.20. The summed E-state index contributed by atoms with van der Waals surface area (Å²) in [6.07, 6.45) is 4.30. The molecule has 3 rings (SSSR count). The molecule has 118 valence electrons. The number of halogens is 1. The third-order valence-corrected chi connectivity index (χ3v) is 4.25. The first-order valence-corrected chi connectivity index (χ1v) is 7.81. The van der Waals surface area contributed by atoms with Crippen LogP contribution in [-0.2, 0) is 4.79 Å². The van der Waals surface area contributed by atoms with Gasteiger partial charge in [-0.1, -0.05) is 11.6 Å². The van der Waals surface area contributed by atoms with Crippen LogP contribution in [0.3, 0.4) is 0 Å². The molecule has 1 amide bonds. The van der Waals surface area contributed by atoms with Crippen LogP contribution in [0, 0.1) is 5.92 Å². The molecule has 2 aliphatic rings. The molecule has 0 bridgehead atoms. The summed E-state index contributed by atoms with van der Waals surface area (Å²) in [5.41, 5.74) is 6.46. The lowest BCUT2D eigenvalue weighted by molar-refractivity contribution is -0.125. The van der Waals surface area contributed by atoms with E-state index in [4.69, 9.17) is 26.8 Å². The molecule has 5 nitrogen and oxygen atoms in total. The molecule has 1 aromatic rings. The number of amides is 1. The second kappa shape index (κ2) is 6.58. The van der Waals surface area contributed by atoms with E-state index in [1.165, 1.54) is 0 Å². The Hall–Kier alpha value is -1.72. The van der Waals surface area contributed by atoms with E-state index in [0.29, 0.717) is 42.2 Å². The summed E-state index contributed by atoms with van der Waals surface area (Å²) in [4.78, 5) is 14.0. The molecule has 6 heteroatoms. The summed E-state index contributed by atoms with van der Waals surface area (Å²) in [7, 11) is 0. The van der Waals surface area contributed by atoms with Crippen LogP contribution < -0.4 is 15.2 Å². The predicted molar refractivity (Wildman–Crippen MR) is 85.2 cm³/mol. The normalized spacial score (nSPS) is 20.6. The van der Waals surface area contributed by atoms with Crippen LogP contribution in [0.15, 0.2) is 18.2 Å². The Morgan fingerprint density at radius 3 is 3.00 bits per heavy atom. The van der Waals surface area contributed by atoms with Crippen molar-refractivity contribution < 1.29 is 14.3 Å². The summed E-state index contributed by atoms with van der Waals surface area (Å²) in [5.74, 6) is 1.61. The van der Waals surface area contributed by atoms with Crippen LogP contribution >= 0.6 is 11.6 Å². The molecule has 22 heavy (non-hydrogen) atoms. The SMILES string of the molecule is NCC1CCN(C(=O)C=Cc2cc(Cl)c3c(c2)OCCO3)C1. The number of likely N-dealkylation sites (tertiary alicyclic amines) is 1. The van der Waals surface area contributed by atoms with Gasteiger partial charge in [0, 0.05) is 19.2 Å². The summed E-state index contributed by atoms with van der Waals surface area (Å²) in [6.45, 7) is 3.14. The average molecular weight is 323 g/mol. The van der Waals surface area contributed by atoms with Gasteiger partial charge >= 0.3 is 0 Å². The molecular weight excluding hydrogens is 304 g/mol. The first-order valence-electron chi connectivity index (χ1n) is 7.43. The van der Waals surface area contributed by atoms with Crippen LogP contribution in [-0.4, -0.2) is 43.7 Å². The van der Waals surface area contributed by atoms with Crippen LogP contribution in [0.5, 0.6) is 11.5 Å². The summed E-state index contributed by atoms with van der Waals surface area (Å²) < 4.78 is 11.0. The smallest absolute Gasteiger partial charge is 0.246 e. The lowest BCUT2D eigenvalue weighted by Gasteiger charge is -2.19. The lowest BCUT2D eigenvalue weighted by Crippen LogP contribution is -2.28. The monoisotopic (exact) mass is 322 g/mol. The van der Waals surface area contributed by atoms with Gasteiger partial charge in [0.15, 0.2) is 11.5 Å². The van der Waals surface area contributed by atoms with Crippen molar-refractivity contribution >= 4 is 23.6 Å². The number of hydrogen-bond donors (Lipinski definition) is 1. The number of rotatable bonds is 3. The molecule has 1 unspecified atom stereocenters. The Kier molecular flexibility index (Phi) is 4.55. The van der Waals surface area contributed by atoms with Crippen molar-refractivity contribution in [3.63, 3.8) is 0 Å². The number of carbonyl (C=O) groups is 1. The highest BCUT2D eigenvalue weighted by atomic mass is 35.5. The second-order valence-electron chi connectivity index (χ2n) is 5.53. The summed E-state index contributed by atoms with van der Waals surface area (Å²) in [5, 5.41) is 0.494. The maximum atomic E-state index is 12.2. The number of fused-ring (bicyclic) bond motifs is 1. The Morgan fingerprint density at radius 2 is 2.23 bits per heavy atom. The molecule has 0 aromatic heterocycles. The molecule has 1 aromatic carbocycles. The first kappa shape index (κ1) is 15.2. The Labute approximate surface area is 134 Å². The fourth-order valence-corrected chi connectivity index (χ4v) is 3.00. The fourth-order valence-electron chi connectivity index (χ4n) is 2.73. The van der Waals surface area contributed by atoms with Crippen molar-refractivity contribution in [1.82, 2.24) is 4.90 Å². The zero-order valence-corrected chi connectivity index (χ0v) is 13.0. The van der Waals surface area contributed by atoms with E-state index >= 15 is 0 Å². The van der Waals surface area contributed by atoms with E-state index in [9.17, 15) is 4.79 Å². The minimum Gasteiger partial charge on any atom is -0.486 e. The van der Waals surface area contributed by atoms with E-state index in [1.54, 1.807) is 18.2 Å². The van der Waals surface area contributed by atoms with Crippen molar-refractivity contribution in [2.45, 2.75) is 6.42 Å². The van der Waals surface area contributed by atoms with E-state index < -0.39 is 0 Å². The van der Waals surface area contributed by atoms with Gasteiger partial charge in [0.05, 0.1) is 5.02 Å². The Morgan fingerprint density at radius 1 is 1.41 bits per heavy atom. The predicted octanol–water partition coefficient (Wildman–Crippen LogP) is 1.93. The van der Waals surface area contributed by atoms with Gasteiger partial charge in [-0.25, -0.2) is 0 Å². The van der Waals surface area contributed by atoms with Crippen LogP contribution in [0.2, 0.25) is 5.02 Å². The van der Waals surface area contributed by atoms with Gasteiger partial charge in [0.2, 0.25) is 5.91 Å². The number of nitrogens with zero attached hydrogens (tertiary/aromatic N) is 1. The number of nitrogens with two attached hydrogens (primary N) is 1. The second-order valence-corrected chi connectivity index (χ2v) is 5.94. The maximum Gasteiger partial charge on any atom is 0.246 e. The molecule has 0 saturated carbocycles. The quantitative estimate of drug-likeness (QED) is 0.864. The zero-order valence-electron chi connectivity index (χ0n) is 12.3. The summed E-state index contributed by atoms with van der Waals surface area (Å²) >= 11 is 6.18. The van der Waals surface area contributed by atoms with Crippen LogP contribution in [0.25, 0.3) is 6.08 Å². The van der Waals surface area contributed by atoms with Crippen molar-refractivity contribution in [2.75, 3.05) is 32.8 Å². The molecule has 0 spiro atoms. The van der Waals surface area contributed by atoms with Gasteiger partial charge in [0.1, 0.15) is 13.2 Å². The molecule has 1 atom stereocenters. The largest absolute Gasteiger partial charge is 0.486 e.